The van der Waals surface area contributed by atoms with Gasteiger partial charge in [-0.2, -0.15) is 0 Å². The van der Waals surface area contributed by atoms with E-state index in [2.05, 4.69) is 5.32 Å². The van der Waals surface area contributed by atoms with Crippen LogP contribution in [0.5, 0.6) is 0 Å². The monoisotopic (exact) mass is 380 g/mol. The van der Waals surface area contributed by atoms with Crippen molar-refractivity contribution in [3.05, 3.63) is 0 Å². The lowest BCUT2D eigenvalue weighted by Gasteiger charge is -2.36. The number of carbonyl (C=O) groups excluding carboxylic acids is 4. The van der Waals surface area contributed by atoms with Crippen molar-refractivity contribution in [2.45, 2.75) is 31.7 Å². The number of nitrogens with one attached hydrogen (secondary N) is 1. The summed E-state index contributed by atoms with van der Waals surface area (Å²) in [6.45, 7) is 3.50. The maximum atomic E-state index is 12.5. The number of amides is 3. The zero-order valence-electron chi connectivity index (χ0n) is 15.8. The van der Waals surface area contributed by atoms with Crippen LogP contribution in [0.3, 0.4) is 0 Å². The lowest BCUT2D eigenvalue weighted by atomic mass is 9.97. The van der Waals surface area contributed by atoms with Gasteiger partial charge in [0.25, 0.3) is 0 Å². The second-order valence-electron chi connectivity index (χ2n) is 7.49. The number of piperidine rings is 1. The van der Waals surface area contributed by atoms with Crippen LogP contribution in [0.2, 0.25) is 0 Å². The van der Waals surface area contributed by atoms with Crippen LogP contribution < -0.4 is 5.32 Å². The average molecular weight is 380 g/mol. The predicted molar refractivity (Wildman–Crippen MR) is 95.5 cm³/mol. The Morgan fingerprint density at radius 2 is 1.52 bits per heavy atom. The molecule has 150 valence electrons. The fraction of sp³-hybridized carbons (Fsp3) is 0.778. The van der Waals surface area contributed by atoms with Gasteiger partial charge in [0.2, 0.25) is 5.91 Å². The minimum Gasteiger partial charge on any atom is -0.469 e. The van der Waals surface area contributed by atoms with Gasteiger partial charge in [-0.1, -0.05) is 0 Å². The minimum atomic E-state index is -0.518. The van der Waals surface area contributed by atoms with Gasteiger partial charge in [0.15, 0.2) is 0 Å². The first kappa shape index (κ1) is 19.6. The third-order valence-electron chi connectivity index (χ3n) is 5.51. The number of methoxy groups -OCH3 is 1. The first-order valence-electron chi connectivity index (χ1n) is 9.65. The van der Waals surface area contributed by atoms with Crippen LogP contribution in [0.4, 0.5) is 0 Å². The zero-order valence-corrected chi connectivity index (χ0v) is 15.8. The van der Waals surface area contributed by atoms with Crippen LogP contribution in [-0.4, -0.2) is 97.4 Å². The SMILES string of the molecule is COC(=O)C1CCN(C(=O)CN2CCN(C(=O)C(=O)NC3CC3)CC2)CC1. The largest absolute Gasteiger partial charge is 0.469 e. The molecule has 3 fully saturated rings. The van der Waals surface area contributed by atoms with Crippen molar-refractivity contribution in [3.63, 3.8) is 0 Å². The number of piperazine rings is 1. The van der Waals surface area contributed by atoms with Crippen LogP contribution in [0, 0.1) is 5.92 Å². The van der Waals surface area contributed by atoms with Crippen LogP contribution >= 0.6 is 0 Å². The van der Waals surface area contributed by atoms with Crippen LogP contribution in [0.25, 0.3) is 0 Å². The third kappa shape index (κ3) is 5.18. The molecule has 2 saturated heterocycles. The summed E-state index contributed by atoms with van der Waals surface area (Å²) in [6.07, 6.45) is 3.17. The normalized spacial score (nSPS) is 21.7. The number of hydrogen-bond donors (Lipinski definition) is 1. The van der Waals surface area contributed by atoms with E-state index in [9.17, 15) is 19.2 Å². The summed E-state index contributed by atoms with van der Waals surface area (Å²) in [5.41, 5.74) is 0. The first-order valence-corrected chi connectivity index (χ1v) is 9.65. The highest BCUT2D eigenvalue weighted by Crippen LogP contribution is 2.19. The first-order chi connectivity index (χ1) is 13.0. The van der Waals surface area contributed by atoms with Gasteiger partial charge in [0, 0.05) is 45.3 Å². The van der Waals surface area contributed by atoms with E-state index in [1.54, 1.807) is 9.80 Å². The maximum absolute atomic E-state index is 12.5. The number of ether oxygens (including phenoxy) is 1. The van der Waals surface area contributed by atoms with Gasteiger partial charge in [-0.25, -0.2) is 0 Å². The van der Waals surface area contributed by atoms with E-state index in [1.807, 2.05) is 4.90 Å². The quantitative estimate of drug-likeness (QED) is 0.487. The van der Waals surface area contributed by atoms with Crippen molar-refractivity contribution in [2.24, 2.45) is 5.92 Å². The number of carbonyl (C=O) groups is 4. The summed E-state index contributed by atoms with van der Waals surface area (Å²) < 4.78 is 4.77. The molecule has 1 aliphatic carbocycles. The van der Waals surface area contributed by atoms with E-state index in [4.69, 9.17) is 4.74 Å². The summed E-state index contributed by atoms with van der Waals surface area (Å²) in [5.74, 6) is -1.26. The van der Waals surface area contributed by atoms with Crippen molar-refractivity contribution in [2.75, 3.05) is 52.9 Å². The number of esters is 1. The van der Waals surface area contributed by atoms with Gasteiger partial charge in [-0.05, 0) is 25.7 Å². The van der Waals surface area contributed by atoms with Gasteiger partial charge in [-0.15, -0.1) is 0 Å². The molecule has 0 spiro atoms. The fourth-order valence-corrected chi connectivity index (χ4v) is 3.55. The fourth-order valence-electron chi connectivity index (χ4n) is 3.55. The molecule has 9 heteroatoms. The molecule has 0 bridgehead atoms. The summed E-state index contributed by atoms with van der Waals surface area (Å²) in [7, 11) is 1.39. The molecule has 9 nitrogen and oxygen atoms in total. The van der Waals surface area contributed by atoms with Crippen molar-refractivity contribution in [3.8, 4) is 0 Å². The van der Waals surface area contributed by atoms with Crippen molar-refractivity contribution in [1.29, 1.82) is 0 Å². The smallest absolute Gasteiger partial charge is 0.311 e. The molecule has 2 aliphatic heterocycles. The van der Waals surface area contributed by atoms with Crippen molar-refractivity contribution < 1.29 is 23.9 Å². The van der Waals surface area contributed by atoms with E-state index in [0.29, 0.717) is 58.7 Å². The highest BCUT2D eigenvalue weighted by Gasteiger charge is 2.32. The van der Waals surface area contributed by atoms with E-state index in [-0.39, 0.29) is 23.8 Å². The molecule has 1 saturated carbocycles. The summed E-state index contributed by atoms with van der Waals surface area (Å²) in [5, 5.41) is 2.72. The Labute approximate surface area is 159 Å². The molecular weight excluding hydrogens is 352 g/mol. The Hall–Kier alpha value is -2.16. The Morgan fingerprint density at radius 1 is 0.889 bits per heavy atom. The van der Waals surface area contributed by atoms with Crippen molar-refractivity contribution >= 4 is 23.7 Å². The number of hydrogen-bond acceptors (Lipinski definition) is 6. The Morgan fingerprint density at radius 3 is 2.07 bits per heavy atom. The molecule has 27 heavy (non-hydrogen) atoms. The molecule has 1 N–H and O–H groups in total. The molecule has 0 aromatic rings. The third-order valence-corrected chi connectivity index (χ3v) is 5.51. The van der Waals surface area contributed by atoms with E-state index >= 15 is 0 Å². The number of nitrogens with zero attached hydrogens (tertiary/aromatic N) is 3. The van der Waals surface area contributed by atoms with Gasteiger partial charge >= 0.3 is 17.8 Å². The molecule has 0 atom stereocenters. The Balaban J connectivity index is 1.37. The van der Waals surface area contributed by atoms with Crippen LogP contribution in [-0.2, 0) is 23.9 Å². The molecule has 3 aliphatic rings. The Bertz CT molecular complexity index is 591. The number of rotatable bonds is 4. The van der Waals surface area contributed by atoms with Gasteiger partial charge in [0.05, 0.1) is 19.6 Å². The van der Waals surface area contributed by atoms with E-state index in [0.717, 1.165) is 12.8 Å². The van der Waals surface area contributed by atoms with Gasteiger partial charge in [0.1, 0.15) is 0 Å². The summed E-state index contributed by atoms with van der Waals surface area (Å²) in [6, 6.07) is 0.170. The number of likely N-dealkylation sites (tertiary alicyclic amines) is 1. The van der Waals surface area contributed by atoms with Crippen LogP contribution in [0.15, 0.2) is 0 Å². The summed E-state index contributed by atoms with van der Waals surface area (Å²) in [4.78, 5) is 53.4. The minimum absolute atomic E-state index is 0.0459. The molecule has 0 radical (unpaired) electrons. The highest BCUT2D eigenvalue weighted by atomic mass is 16.5. The highest BCUT2D eigenvalue weighted by molar-refractivity contribution is 6.35. The second-order valence-corrected chi connectivity index (χ2v) is 7.49. The lowest BCUT2D eigenvalue weighted by Crippen LogP contribution is -2.54. The molecule has 0 aromatic carbocycles. The standard InChI is InChI=1S/C18H28N4O5/c1-27-18(26)13-4-6-21(7-5-13)15(23)12-20-8-10-22(11-9-20)17(25)16(24)19-14-2-3-14/h13-14H,2-12H2,1H3,(H,19,24). The topological polar surface area (TPSA) is 99.3 Å². The maximum Gasteiger partial charge on any atom is 0.311 e. The second kappa shape index (κ2) is 8.69. The Kier molecular flexibility index (Phi) is 6.30. The molecule has 0 unspecified atom stereocenters. The molecule has 0 aromatic heterocycles. The van der Waals surface area contributed by atoms with Gasteiger partial charge < -0.3 is 19.9 Å². The van der Waals surface area contributed by atoms with Crippen LogP contribution in [0.1, 0.15) is 25.7 Å². The van der Waals surface area contributed by atoms with E-state index < -0.39 is 11.8 Å². The van der Waals surface area contributed by atoms with E-state index in [1.165, 1.54) is 7.11 Å². The summed E-state index contributed by atoms with van der Waals surface area (Å²) >= 11 is 0. The van der Waals surface area contributed by atoms with Crippen molar-refractivity contribution in [1.82, 2.24) is 20.0 Å². The van der Waals surface area contributed by atoms with Gasteiger partial charge in [-0.3, -0.25) is 24.1 Å². The lowest BCUT2D eigenvalue weighted by molar-refractivity contribution is -0.149. The predicted octanol–water partition coefficient (Wildman–Crippen LogP) is -1.18. The molecule has 3 rings (SSSR count). The average Bonchev–Trinajstić information content (AvgIpc) is 3.51. The molecule has 2 heterocycles. The zero-order chi connectivity index (χ0) is 19.4. The molecular formula is C18H28N4O5. The molecule has 3 amide bonds.